The van der Waals surface area contributed by atoms with Gasteiger partial charge in [-0.05, 0) is 13.3 Å². The number of hydrogen-bond donors (Lipinski definition) is 1. The van der Waals surface area contributed by atoms with Crippen molar-refractivity contribution in [2.75, 3.05) is 18.8 Å². The maximum absolute atomic E-state index is 12.2. The van der Waals surface area contributed by atoms with Crippen molar-refractivity contribution < 1.29 is 9.59 Å². The second-order valence-corrected chi connectivity index (χ2v) is 6.81. The second kappa shape index (κ2) is 7.69. The minimum absolute atomic E-state index is 0.163. The lowest BCUT2D eigenvalue weighted by Crippen LogP contribution is -2.35. The highest BCUT2D eigenvalue weighted by Crippen LogP contribution is 2.29. The number of rotatable bonds is 6. The Morgan fingerprint density at radius 2 is 2.08 bits per heavy atom. The molecule has 0 aliphatic carbocycles. The van der Waals surface area contributed by atoms with Gasteiger partial charge < -0.3 is 5.32 Å². The Balaban J connectivity index is 1.80. The lowest BCUT2D eigenvalue weighted by atomic mass is 10.2. The Kier molecular flexibility index (Phi) is 5.37. The summed E-state index contributed by atoms with van der Waals surface area (Å²) in [6.45, 7) is 5.14. The maximum atomic E-state index is 12.2. The summed E-state index contributed by atoms with van der Waals surface area (Å²) in [5.74, 6) is 0.750. The van der Waals surface area contributed by atoms with E-state index >= 15 is 0 Å². The third-order valence-corrected chi connectivity index (χ3v) is 5.14. The molecule has 25 heavy (non-hydrogen) atoms. The van der Waals surface area contributed by atoms with Crippen molar-refractivity contribution in [1.29, 1.82) is 0 Å². The number of nitrogens with zero attached hydrogens (tertiary/aromatic N) is 4. The van der Waals surface area contributed by atoms with Crippen LogP contribution in [0, 0.1) is 0 Å². The number of imide groups is 1. The van der Waals surface area contributed by atoms with Crippen molar-refractivity contribution in [2.24, 2.45) is 0 Å². The minimum Gasteiger partial charge on any atom is -0.336 e. The van der Waals surface area contributed by atoms with Gasteiger partial charge in [-0.2, -0.15) is 0 Å². The van der Waals surface area contributed by atoms with Crippen molar-refractivity contribution >= 4 is 23.7 Å². The molecule has 7 nitrogen and oxygen atoms in total. The molecule has 1 aliphatic rings. The Labute approximate surface area is 150 Å². The highest BCUT2D eigenvalue weighted by atomic mass is 32.2. The van der Waals surface area contributed by atoms with Crippen LogP contribution in [-0.2, 0) is 4.79 Å². The van der Waals surface area contributed by atoms with Gasteiger partial charge in [-0.25, -0.2) is 4.79 Å². The number of carbonyl (C=O) groups is 2. The van der Waals surface area contributed by atoms with E-state index in [2.05, 4.69) is 33.9 Å². The Morgan fingerprint density at radius 1 is 1.32 bits per heavy atom. The SMILES string of the molecule is CCC(C)n1c(SCC(=O)N2CCNC2=O)nnc1-c1ccccc1. The maximum Gasteiger partial charge on any atom is 0.324 e. The van der Waals surface area contributed by atoms with E-state index < -0.39 is 0 Å². The molecule has 1 unspecified atom stereocenters. The molecule has 1 aromatic heterocycles. The summed E-state index contributed by atoms with van der Waals surface area (Å²) in [7, 11) is 0. The summed E-state index contributed by atoms with van der Waals surface area (Å²) in [5, 5.41) is 11.9. The van der Waals surface area contributed by atoms with E-state index in [1.165, 1.54) is 16.7 Å². The predicted octanol–water partition coefficient (Wildman–Crippen LogP) is 2.56. The third-order valence-electron chi connectivity index (χ3n) is 4.21. The molecule has 132 valence electrons. The predicted molar refractivity (Wildman–Crippen MR) is 96.3 cm³/mol. The molecule has 3 amide bonds. The fourth-order valence-electron chi connectivity index (χ4n) is 2.65. The lowest BCUT2D eigenvalue weighted by Gasteiger charge is -2.17. The van der Waals surface area contributed by atoms with Gasteiger partial charge in [0.15, 0.2) is 11.0 Å². The van der Waals surface area contributed by atoms with Crippen LogP contribution < -0.4 is 5.32 Å². The number of nitrogens with one attached hydrogen (secondary N) is 1. The first-order chi connectivity index (χ1) is 12.1. The molecule has 2 heterocycles. The number of amides is 3. The van der Waals surface area contributed by atoms with Gasteiger partial charge in [-0.3, -0.25) is 14.3 Å². The Bertz CT molecular complexity index is 762. The van der Waals surface area contributed by atoms with E-state index in [1.54, 1.807) is 0 Å². The summed E-state index contributed by atoms with van der Waals surface area (Å²) in [4.78, 5) is 25.1. The number of hydrogen-bond acceptors (Lipinski definition) is 5. The third kappa shape index (κ3) is 3.68. The van der Waals surface area contributed by atoms with Gasteiger partial charge in [-0.1, -0.05) is 49.0 Å². The van der Waals surface area contributed by atoms with Crippen LogP contribution in [0.1, 0.15) is 26.3 Å². The summed E-state index contributed by atoms with van der Waals surface area (Å²) in [6.07, 6.45) is 0.925. The van der Waals surface area contributed by atoms with Crippen LogP contribution in [0.4, 0.5) is 4.79 Å². The van der Waals surface area contributed by atoms with Crippen molar-refractivity contribution in [1.82, 2.24) is 25.0 Å². The van der Waals surface area contributed by atoms with Gasteiger partial charge in [-0.15, -0.1) is 10.2 Å². The van der Waals surface area contributed by atoms with Crippen LogP contribution in [0.25, 0.3) is 11.4 Å². The van der Waals surface area contributed by atoms with Crippen LogP contribution in [0.5, 0.6) is 0 Å². The molecule has 1 atom stereocenters. The normalized spacial score (nSPS) is 15.3. The van der Waals surface area contributed by atoms with E-state index in [0.29, 0.717) is 18.2 Å². The lowest BCUT2D eigenvalue weighted by molar-refractivity contribution is -0.124. The van der Waals surface area contributed by atoms with Gasteiger partial charge >= 0.3 is 6.03 Å². The fourth-order valence-corrected chi connectivity index (χ4v) is 3.57. The van der Waals surface area contributed by atoms with E-state index in [-0.39, 0.29) is 23.7 Å². The summed E-state index contributed by atoms with van der Waals surface area (Å²) < 4.78 is 2.07. The number of aromatic nitrogens is 3. The molecule has 8 heteroatoms. The highest BCUT2D eigenvalue weighted by Gasteiger charge is 2.27. The van der Waals surface area contributed by atoms with Crippen molar-refractivity contribution in [3.63, 3.8) is 0 Å². The van der Waals surface area contributed by atoms with E-state index in [1.807, 2.05) is 30.3 Å². The van der Waals surface area contributed by atoms with E-state index in [9.17, 15) is 9.59 Å². The Hall–Kier alpha value is -2.35. The number of thioether (sulfide) groups is 1. The first-order valence-corrected chi connectivity index (χ1v) is 9.31. The number of urea groups is 1. The molecule has 1 saturated heterocycles. The molecule has 0 saturated carbocycles. The monoisotopic (exact) mass is 359 g/mol. The smallest absolute Gasteiger partial charge is 0.324 e. The average molecular weight is 359 g/mol. The molecule has 1 fully saturated rings. The van der Waals surface area contributed by atoms with Crippen LogP contribution in [0.15, 0.2) is 35.5 Å². The largest absolute Gasteiger partial charge is 0.336 e. The zero-order chi connectivity index (χ0) is 17.8. The van der Waals surface area contributed by atoms with Crippen LogP contribution in [-0.4, -0.2) is 50.4 Å². The first-order valence-electron chi connectivity index (χ1n) is 8.33. The van der Waals surface area contributed by atoms with Crippen molar-refractivity contribution in [3.8, 4) is 11.4 Å². The molecule has 0 bridgehead atoms. The average Bonchev–Trinajstić information content (AvgIpc) is 3.26. The van der Waals surface area contributed by atoms with Crippen molar-refractivity contribution in [2.45, 2.75) is 31.5 Å². The van der Waals surface area contributed by atoms with Crippen LogP contribution >= 0.6 is 11.8 Å². The Morgan fingerprint density at radius 3 is 2.72 bits per heavy atom. The summed E-state index contributed by atoms with van der Waals surface area (Å²) in [6, 6.07) is 9.77. The number of benzene rings is 1. The van der Waals surface area contributed by atoms with Gasteiger partial charge in [0.05, 0.1) is 5.75 Å². The second-order valence-electron chi connectivity index (χ2n) is 5.87. The molecule has 3 rings (SSSR count). The van der Waals surface area contributed by atoms with Crippen LogP contribution in [0.3, 0.4) is 0 Å². The van der Waals surface area contributed by atoms with Gasteiger partial charge in [0.1, 0.15) is 0 Å². The quantitative estimate of drug-likeness (QED) is 0.802. The zero-order valence-electron chi connectivity index (χ0n) is 14.3. The standard InChI is InChI=1S/C17H21N5O2S/c1-3-12(2)22-15(13-7-5-4-6-8-13)19-20-17(22)25-11-14(23)21-10-9-18-16(21)24/h4-8,12H,3,9-11H2,1-2H3,(H,18,24). The fraction of sp³-hybridized carbons (Fsp3) is 0.412. The van der Waals surface area contributed by atoms with Gasteiger partial charge in [0.25, 0.3) is 0 Å². The topological polar surface area (TPSA) is 80.1 Å². The molecule has 0 spiro atoms. The van der Waals surface area contributed by atoms with Crippen molar-refractivity contribution in [3.05, 3.63) is 30.3 Å². The zero-order valence-corrected chi connectivity index (χ0v) is 15.1. The summed E-state index contributed by atoms with van der Waals surface area (Å²) in [5.41, 5.74) is 0.993. The first kappa shape index (κ1) is 17.5. The summed E-state index contributed by atoms with van der Waals surface area (Å²) >= 11 is 1.32. The molecular formula is C17H21N5O2S. The number of carbonyl (C=O) groups excluding carboxylic acids is 2. The molecule has 1 N–H and O–H groups in total. The van der Waals surface area contributed by atoms with E-state index in [4.69, 9.17) is 0 Å². The van der Waals surface area contributed by atoms with Crippen LogP contribution in [0.2, 0.25) is 0 Å². The molecule has 0 radical (unpaired) electrons. The minimum atomic E-state index is -0.320. The molecule has 2 aromatic rings. The molecule has 1 aliphatic heterocycles. The molecule has 1 aromatic carbocycles. The van der Waals surface area contributed by atoms with E-state index in [0.717, 1.165) is 17.8 Å². The highest BCUT2D eigenvalue weighted by molar-refractivity contribution is 7.99. The van der Waals surface area contributed by atoms with Gasteiger partial charge in [0, 0.05) is 24.7 Å². The molecular weight excluding hydrogens is 338 g/mol. The van der Waals surface area contributed by atoms with Gasteiger partial charge in [0.2, 0.25) is 5.91 Å².